The van der Waals surface area contributed by atoms with Gasteiger partial charge in [-0.25, -0.2) is 4.79 Å². The Balaban J connectivity index is 0.000000673. The number of rotatable bonds is 0. The number of carbonyl (C=O) groups is 2. The van der Waals surface area contributed by atoms with E-state index in [4.69, 9.17) is 14.6 Å². The molecule has 1 N–H and O–H groups in total. The van der Waals surface area contributed by atoms with Crippen LogP contribution in [0.15, 0.2) is 0 Å². The molecular formula is C11H21NO4. The molecule has 1 rings (SSSR count). The summed E-state index contributed by atoms with van der Waals surface area (Å²) < 4.78 is 5.26. The molecule has 1 amide bonds. The summed E-state index contributed by atoms with van der Waals surface area (Å²) in [5, 5.41) is 6.89. The van der Waals surface area contributed by atoms with Crippen molar-refractivity contribution >= 4 is 12.6 Å². The van der Waals surface area contributed by atoms with Crippen molar-refractivity contribution < 1.29 is 19.4 Å². The number of hydrogen-bond donors (Lipinski definition) is 1. The van der Waals surface area contributed by atoms with Gasteiger partial charge in [-0.3, -0.25) is 4.79 Å². The van der Waals surface area contributed by atoms with Crippen molar-refractivity contribution in [1.29, 1.82) is 0 Å². The van der Waals surface area contributed by atoms with Gasteiger partial charge in [0.1, 0.15) is 5.60 Å². The van der Waals surface area contributed by atoms with E-state index in [1.54, 1.807) is 4.90 Å². The van der Waals surface area contributed by atoms with Gasteiger partial charge in [0.2, 0.25) is 0 Å². The Morgan fingerprint density at radius 1 is 1.25 bits per heavy atom. The Kier molecular flexibility index (Phi) is 6.53. The largest absolute Gasteiger partial charge is 0.483 e. The fourth-order valence-corrected chi connectivity index (χ4v) is 1.40. The fourth-order valence-electron chi connectivity index (χ4n) is 1.40. The van der Waals surface area contributed by atoms with E-state index in [2.05, 4.69) is 0 Å². The molecule has 94 valence electrons. The molecule has 1 heterocycles. The molecule has 1 saturated heterocycles. The maximum atomic E-state index is 11.5. The van der Waals surface area contributed by atoms with Gasteiger partial charge in [0.05, 0.1) is 0 Å². The molecule has 5 heteroatoms. The number of likely N-dealkylation sites (tertiary alicyclic amines) is 1. The highest BCUT2D eigenvalue weighted by atomic mass is 16.6. The number of nitrogens with zero attached hydrogens (tertiary/aromatic N) is 1. The van der Waals surface area contributed by atoms with Crippen LogP contribution in [0.3, 0.4) is 0 Å². The van der Waals surface area contributed by atoms with Crippen LogP contribution >= 0.6 is 0 Å². The zero-order chi connectivity index (χ0) is 12.6. The average molecular weight is 231 g/mol. The predicted octanol–water partition coefficient (Wildman–Crippen LogP) is 2.11. The van der Waals surface area contributed by atoms with Crippen LogP contribution in [0.2, 0.25) is 0 Å². The minimum absolute atomic E-state index is 0.160. The van der Waals surface area contributed by atoms with Crippen LogP contribution in [0.25, 0.3) is 0 Å². The quantitative estimate of drug-likeness (QED) is 0.648. The summed E-state index contributed by atoms with van der Waals surface area (Å²) in [6.45, 7) is 7.16. The molecule has 0 radical (unpaired) electrons. The van der Waals surface area contributed by atoms with Crippen LogP contribution in [0, 0.1) is 0 Å². The molecule has 0 aliphatic carbocycles. The lowest BCUT2D eigenvalue weighted by Gasteiger charge is -2.29. The highest BCUT2D eigenvalue weighted by Gasteiger charge is 2.22. The Morgan fingerprint density at radius 2 is 1.69 bits per heavy atom. The van der Waals surface area contributed by atoms with Crippen molar-refractivity contribution in [3.8, 4) is 0 Å². The van der Waals surface area contributed by atoms with E-state index in [1.165, 1.54) is 6.42 Å². The number of carboxylic acid groups (broad SMARTS) is 1. The molecule has 1 fully saturated rings. The molecule has 0 bridgehead atoms. The summed E-state index contributed by atoms with van der Waals surface area (Å²) in [6.07, 6.45) is 3.30. The number of carbonyl (C=O) groups excluding carboxylic acids is 1. The van der Waals surface area contributed by atoms with Gasteiger partial charge in [-0.2, -0.15) is 0 Å². The lowest BCUT2D eigenvalue weighted by molar-refractivity contribution is -0.122. The lowest BCUT2D eigenvalue weighted by Crippen LogP contribution is -2.39. The maximum absolute atomic E-state index is 11.5. The fraction of sp³-hybridized carbons (Fsp3) is 0.818. The Hall–Kier alpha value is -1.26. The summed E-state index contributed by atoms with van der Waals surface area (Å²) in [5.74, 6) is 0. The van der Waals surface area contributed by atoms with Gasteiger partial charge in [0.15, 0.2) is 0 Å². The van der Waals surface area contributed by atoms with Crippen LogP contribution in [0.1, 0.15) is 40.0 Å². The highest BCUT2D eigenvalue weighted by Crippen LogP contribution is 2.14. The smallest absolute Gasteiger partial charge is 0.410 e. The van der Waals surface area contributed by atoms with Gasteiger partial charge in [0, 0.05) is 13.1 Å². The normalized spacial score (nSPS) is 15.8. The first-order valence-corrected chi connectivity index (χ1v) is 5.46. The van der Waals surface area contributed by atoms with Crippen LogP contribution in [-0.2, 0) is 9.53 Å². The standard InChI is InChI=1S/C10H19NO2.CH2O2/c1-10(2,3)13-9(12)11-7-5-4-6-8-11;2-1-3/h4-8H2,1-3H3;1H,(H,2,3). The molecular weight excluding hydrogens is 210 g/mol. The van der Waals surface area contributed by atoms with Crippen molar-refractivity contribution in [1.82, 2.24) is 4.90 Å². The molecule has 0 aromatic rings. The minimum atomic E-state index is -0.367. The zero-order valence-electron chi connectivity index (χ0n) is 10.2. The monoisotopic (exact) mass is 231 g/mol. The van der Waals surface area contributed by atoms with E-state index in [0.29, 0.717) is 0 Å². The van der Waals surface area contributed by atoms with E-state index >= 15 is 0 Å². The topological polar surface area (TPSA) is 66.8 Å². The third-order valence-corrected chi connectivity index (χ3v) is 2.01. The molecule has 0 unspecified atom stereocenters. The second-order valence-corrected chi connectivity index (χ2v) is 4.63. The van der Waals surface area contributed by atoms with Crippen LogP contribution < -0.4 is 0 Å². The highest BCUT2D eigenvalue weighted by molar-refractivity contribution is 5.68. The summed E-state index contributed by atoms with van der Waals surface area (Å²) in [5.41, 5.74) is -0.367. The first-order chi connectivity index (χ1) is 7.40. The summed E-state index contributed by atoms with van der Waals surface area (Å²) in [6, 6.07) is 0. The summed E-state index contributed by atoms with van der Waals surface area (Å²) >= 11 is 0. The molecule has 0 spiro atoms. The van der Waals surface area contributed by atoms with Crippen LogP contribution in [-0.4, -0.2) is 41.3 Å². The van der Waals surface area contributed by atoms with Gasteiger partial charge in [-0.05, 0) is 40.0 Å². The minimum Gasteiger partial charge on any atom is -0.483 e. The SMILES string of the molecule is CC(C)(C)OC(=O)N1CCCCC1.O=CO. The van der Waals surface area contributed by atoms with E-state index in [9.17, 15) is 4.79 Å². The van der Waals surface area contributed by atoms with Crippen LogP contribution in [0.5, 0.6) is 0 Å². The Bertz CT molecular complexity index is 217. The van der Waals surface area contributed by atoms with Crippen molar-refractivity contribution in [2.24, 2.45) is 0 Å². The van der Waals surface area contributed by atoms with Gasteiger partial charge in [0.25, 0.3) is 6.47 Å². The van der Waals surface area contributed by atoms with E-state index in [-0.39, 0.29) is 18.2 Å². The zero-order valence-corrected chi connectivity index (χ0v) is 10.2. The third kappa shape index (κ3) is 7.09. The van der Waals surface area contributed by atoms with E-state index in [1.807, 2.05) is 20.8 Å². The van der Waals surface area contributed by atoms with Crippen molar-refractivity contribution in [3.63, 3.8) is 0 Å². The predicted molar refractivity (Wildman–Crippen MR) is 60.4 cm³/mol. The molecule has 1 aliphatic rings. The van der Waals surface area contributed by atoms with Gasteiger partial charge in [-0.1, -0.05) is 0 Å². The van der Waals surface area contributed by atoms with Crippen LogP contribution in [0.4, 0.5) is 4.79 Å². The van der Waals surface area contributed by atoms with Gasteiger partial charge >= 0.3 is 6.09 Å². The molecule has 5 nitrogen and oxygen atoms in total. The average Bonchev–Trinajstić information content (AvgIpc) is 2.18. The van der Waals surface area contributed by atoms with Crippen molar-refractivity contribution in [3.05, 3.63) is 0 Å². The summed E-state index contributed by atoms with van der Waals surface area (Å²) in [4.78, 5) is 21.7. The maximum Gasteiger partial charge on any atom is 0.410 e. The Labute approximate surface area is 96.4 Å². The number of piperidine rings is 1. The molecule has 0 saturated carbocycles. The first-order valence-electron chi connectivity index (χ1n) is 5.46. The Morgan fingerprint density at radius 3 is 2.06 bits per heavy atom. The second kappa shape index (κ2) is 7.09. The second-order valence-electron chi connectivity index (χ2n) is 4.63. The lowest BCUT2D eigenvalue weighted by atomic mass is 10.1. The molecule has 16 heavy (non-hydrogen) atoms. The summed E-state index contributed by atoms with van der Waals surface area (Å²) in [7, 11) is 0. The van der Waals surface area contributed by atoms with E-state index < -0.39 is 0 Å². The third-order valence-electron chi connectivity index (χ3n) is 2.01. The number of ether oxygens (including phenoxy) is 1. The molecule has 0 aromatic carbocycles. The molecule has 1 aliphatic heterocycles. The number of amides is 1. The van der Waals surface area contributed by atoms with E-state index in [0.717, 1.165) is 25.9 Å². The number of hydrogen-bond acceptors (Lipinski definition) is 3. The first kappa shape index (κ1) is 14.7. The van der Waals surface area contributed by atoms with Crippen molar-refractivity contribution in [2.45, 2.75) is 45.6 Å². The molecule has 0 atom stereocenters. The van der Waals surface area contributed by atoms with Crippen molar-refractivity contribution in [2.75, 3.05) is 13.1 Å². The van der Waals surface area contributed by atoms with Gasteiger partial charge in [-0.15, -0.1) is 0 Å². The van der Waals surface area contributed by atoms with Gasteiger partial charge < -0.3 is 14.7 Å². The molecule has 0 aromatic heterocycles.